The Morgan fingerprint density at radius 1 is 1.07 bits per heavy atom. The molecule has 2 bridgehead atoms. The van der Waals surface area contributed by atoms with Crippen LogP contribution in [0.3, 0.4) is 0 Å². The molecule has 1 aromatic rings. The van der Waals surface area contributed by atoms with E-state index in [9.17, 15) is 14.4 Å². The first-order valence-electron chi connectivity index (χ1n) is 8.79. The maximum Gasteiger partial charge on any atom is 0.335 e. The van der Waals surface area contributed by atoms with Crippen molar-refractivity contribution in [2.24, 2.45) is 5.92 Å². The molecule has 9 nitrogen and oxygen atoms in total. The molecule has 1 amide bonds. The second-order valence-electron chi connectivity index (χ2n) is 6.79. The van der Waals surface area contributed by atoms with E-state index in [0.717, 1.165) is 6.54 Å². The van der Waals surface area contributed by atoms with Gasteiger partial charge in [0.1, 0.15) is 0 Å². The molecule has 1 aromatic carbocycles. The van der Waals surface area contributed by atoms with Gasteiger partial charge in [0, 0.05) is 23.2 Å². The number of aliphatic hydroxyl groups excluding tert-OH is 2. The molecule has 0 radical (unpaired) electrons. The zero-order valence-corrected chi connectivity index (χ0v) is 15.7. The van der Waals surface area contributed by atoms with Gasteiger partial charge < -0.3 is 30.6 Å². The lowest BCUT2D eigenvalue weighted by Gasteiger charge is -2.44. The highest BCUT2D eigenvalue weighted by Crippen LogP contribution is 2.27. The largest absolute Gasteiger partial charge is 0.479 e. The summed E-state index contributed by atoms with van der Waals surface area (Å²) in [4.78, 5) is 34.1. The highest BCUT2D eigenvalue weighted by atomic mass is 35.5. The SMILES string of the molecule is O=C(NC1CN2CCC1CC2)c1cccc(Cl)c1.O=C(O)[C@H](O)[C@@H](O)C(=O)O. The van der Waals surface area contributed by atoms with Gasteiger partial charge in [-0.1, -0.05) is 17.7 Å². The summed E-state index contributed by atoms with van der Waals surface area (Å²) in [6, 6.07) is 7.43. The molecule has 3 fully saturated rings. The lowest BCUT2D eigenvalue weighted by atomic mass is 9.84. The fourth-order valence-corrected chi connectivity index (χ4v) is 3.47. The van der Waals surface area contributed by atoms with E-state index in [1.807, 2.05) is 12.1 Å². The van der Waals surface area contributed by atoms with Gasteiger partial charge in [-0.05, 0) is 50.0 Å². The molecule has 0 aliphatic carbocycles. The number of carboxylic acid groups (broad SMARTS) is 2. The molecule has 1 unspecified atom stereocenters. The average Bonchev–Trinajstić information content (AvgIpc) is 2.68. The Balaban J connectivity index is 0.000000242. The van der Waals surface area contributed by atoms with Gasteiger partial charge >= 0.3 is 11.9 Å². The number of piperidine rings is 3. The highest BCUT2D eigenvalue weighted by molar-refractivity contribution is 6.30. The van der Waals surface area contributed by atoms with Crippen LogP contribution in [0.1, 0.15) is 23.2 Å². The molecule has 3 heterocycles. The summed E-state index contributed by atoms with van der Waals surface area (Å²) < 4.78 is 0. The summed E-state index contributed by atoms with van der Waals surface area (Å²) in [5, 5.41) is 36.3. The summed E-state index contributed by atoms with van der Waals surface area (Å²) in [6.07, 6.45) is -2.11. The maximum atomic E-state index is 12.2. The Morgan fingerprint density at radius 2 is 1.64 bits per heavy atom. The van der Waals surface area contributed by atoms with Crippen LogP contribution in [0, 0.1) is 5.92 Å². The van der Waals surface area contributed by atoms with Gasteiger partial charge in [0.2, 0.25) is 0 Å². The summed E-state index contributed by atoms with van der Waals surface area (Å²) in [5.41, 5.74) is 0.652. The Hall–Kier alpha value is -2.20. The van der Waals surface area contributed by atoms with E-state index < -0.39 is 24.1 Å². The fraction of sp³-hybridized carbons (Fsp3) is 0.500. The smallest absolute Gasteiger partial charge is 0.335 e. The van der Waals surface area contributed by atoms with Gasteiger partial charge in [-0.3, -0.25) is 4.79 Å². The van der Waals surface area contributed by atoms with Crippen molar-refractivity contribution in [2.75, 3.05) is 19.6 Å². The molecule has 4 rings (SSSR count). The van der Waals surface area contributed by atoms with Crippen LogP contribution in [-0.2, 0) is 9.59 Å². The van der Waals surface area contributed by atoms with Crippen molar-refractivity contribution in [1.29, 1.82) is 0 Å². The molecule has 0 spiro atoms. The lowest BCUT2D eigenvalue weighted by Crippen LogP contribution is -2.57. The van der Waals surface area contributed by atoms with Crippen LogP contribution >= 0.6 is 11.6 Å². The van der Waals surface area contributed by atoms with Gasteiger partial charge in [-0.15, -0.1) is 0 Å². The standard InChI is InChI=1S/C14H17ClN2O.C4H6O6/c15-12-3-1-2-11(8-12)14(18)16-13-9-17-6-4-10(13)5-7-17;5-1(3(7)8)2(6)4(9)10/h1-3,8,10,13H,4-7,9H2,(H,16,18);1-2,5-6H,(H,7,8)(H,9,10)/t;1-,2-/m.1/s1. The quantitative estimate of drug-likeness (QED) is 0.453. The predicted octanol–water partition coefficient (Wildman–Crippen LogP) is 0.0414. The molecule has 0 aromatic heterocycles. The first kappa shape index (κ1) is 22.1. The van der Waals surface area contributed by atoms with E-state index in [-0.39, 0.29) is 5.91 Å². The van der Waals surface area contributed by atoms with E-state index in [1.165, 1.54) is 25.9 Å². The number of carbonyl (C=O) groups is 3. The van der Waals surface area contributed by atoms with Crippen molar-refractivity contribution in [3.05, 3.63) is 34.9 Å². The monoisotopic (exact) mass is 414 g/mol. The van der Waals surface area contributed by atoms with Crippen LogP contribution in [0.15, 0.2) is 24.3 Å². The zero-order valence-electron chi connectivity index (χ0n) is 15.0. The number of aliphatic carboxylic acids is 2. The molecule has 3 aliphatic heterocycles. The van der Waals surface area contributed by atoms with Crippen molar-refractivity contribution < 1.29 is 34.8 Å². The number of nitrogens with zero attached hydrogens (tertiary/aromatic N) is 1. The van der Waals surface area contributed by atoms with E-state index in [2.05, 4.69) is 10.2 Å². The minimum absolute atomic E-state index is 0.00347. The van der Waals surface area contributed by atoms with E-state index >= 15 is 0 Å². The highest BCUT2D eigenvalue weighted by Gasteiger charge is 2.35. The third-order valence-electron chi connectivity index (χ3n) is 4.86. The van der Waals surface area contributed by atoms with Crippen molar-refractivity contribution in [3.8, 4) is 0 Å². The number of carbonyl (C=O) groups excluding carboxylic acids is 1. The topological polar surface area (TPSA) is 147 Å². The van der Waals surface area contributed by atoms with Gasteiger partial charge in [-0.2, -0.15) is 0 Å². The number of benzene rings is 1. The second kappa shape index (κ2) is 9.83. The molecule has 5 N–H and O–H groups in total. The maximum absolute atomic E-state index is 12.2. The molecular weight excluding hydrogens is 392 g/mol. The van der Waals surface area contributed by atoms with E-state index in [1.54, 1.807) is 12.1 Å². The van der Waals surface area contributed by atoms with Crippen LogP contribution < -0.4 is 5.32 Å². The summed E-state index contributed by atoms with van der Waals surface area (Å²) >= 11 is 5.91. The summed E-state index contributed by atoms with van der Waals surface area (Å²) in [6.45, 7) is 3.37. The summed E-state index contributed by atoms with van der Waals surface area (Å²) in [7, 11) is 0. The molecule has 28 heavy (non-hydrogen) atoms. The Bertz CT molecular complexity index is 704. The molecule has 3 atom stereocenters. The number of halogens is 1. The molecule has 10 heteroatoms. The van der Waals surface area contributed by atoms with Gasteiger partial charge in [0.15, 0.2) is 12.2 Å². The third-order valence-corrected chi connectivity index (χ3v) is 5.10. The van der Waals surface area contributed by atoms with E-state index in [4.69, 9.17) is 32.0 Å². The van der Waals surface area contributed by atoms with Crippen LogP contribution in [0.5, 0.6) is 0 Å². The van der Waals surface area contributed by atoms with E-state index in [0.29, 0.717) is 22.5 Å². The van der Waals surface area contributed by atoms with Gasteiger partial charge in [0.25, 0.3) is 5.91 Å². The number of hydrogen-bond acceptors (Lipinski definition) is 6. The van der Waals surface area contributed by atoms with Crippen LogP contribution in [0.25, 0.3) is 0 Å². The van der Waals surface area contributed by atoms with Crippen molar-refractivity contribution in [3.63, 3.8) is 0 Å². The Labute approximate surface area is 166 Å². The average molecular weight is 415 g/mol. The number of rotatable bonds is 5. The van der Waals surface area contributed by atoms with Crippen LogP contribution in [0.2, 0.25) is 5.02 Å². The molecular formula is C18H23ClN2O7. The van der Waals surface area contributed by atoms with Crippen molar-refractivity contribution in [1.82, 2.24) is 10.2 Å². The Morgan fingerprint density at radius 3 is 2.07 bits per heavy atom. The normalized spacial score (nSPS) is 25.0. The first-order valence-corrected chi connectivity index (χ1v) is 9.17. The molecule has 0 saturated carbocycles. The zero-order chi connectivity index (χ0) is 20.8. The molecule has 3 saturated heterocycles. The van der Waals surface area contributed by atoms with Crippen molar-refractivity contribution >= 4 is 29.4 Å². The molecule has 154 valence electrons. The summed E-state index contributed by atoms with van der Waals surface area (Å²) in [5.74, 6) is -2.89. The van der Waals surface area contributed by atoms with Crippen LogP contribution in [0.4, 0.5) is 0 Å². The number of amides is 1. The number of nitrogens with one attached hydrogen (secondary N) is 1. The third kappa shape index (κ3) is 5.90. The number of hydrogen-bond donors (Lipinski definition) is 5. The number of fused-ring (bicyclic) bond motifs is 3. The first-order chi connectivity index (χ1) is 13.2. The Kier molecular flexibility index (Phi) is 7.76. The minimum Gasteiger partial charge on any atom is -0.479 e. The number of carboxylic acids is 2. The second-order valence-corrected chi connectivity index (χ2v) is 7.23. The minimum atomic E-state index is -2.27. The number of aliphatic hydroxyl groups is 2. The fourth-order valence-electron chi connectivity index (χ4n) is 3.28. The predicted molar refractivity (Wildman–Crippen MR) is 99.2 cm³/mol. The van der Waals surface area contributed by atoms with Crippen molar-refractivity contribution in [2.45, 2.75) is 31.1 Å². The van der Waals surface area contributed by atoms with Gasteiger partial charge in [-0.25, -0.2) is 9.59 Å². The molecule has 3 aliphatic rings. The van der Waals surface area contributed by atoms with Gasteiger partial charge in [0.05, 0.1) is 0 Å². The lowest BCUT2D eigenvalue weighted by molar-refractivity contribution is -0.165. The van der Waals surface area contributed by atoms with Crippen LogP contribution in [-0.4, -0.2) is 81.1 Å².